The highest BCUT2D eigenvalue weighted by atomic mass is 35.5. The second-order valence-electron chi connectivity index (χ2n) is 12.6. The number of anilines is 1. The van der Waals surface area contributed by atoms with Gasteiger partial charge in [0.25, 0.3) is 0 Å². The van der Waals surface area contributed by atoms with Crippen LogP contribution in [0.4, 0.5) is 5.69 Å². The number of halogens is 1. The van der Waals surface area contributed by atoms with E-state index in [0.717, 1.165) is 68.1 Å². The van der Waals surface area contributed by atoms with Gasteiger partial charge in [-0.05, 0) is 98.1 Å². The molecule has 0 aromatic heterocycles. The normalized spacial score (nSPS) is 26.4. The summed E-state index contributed by atoms with van der Waals surface area (Å²) in [6.07, 6.45) is 10.5. The molecule has 1 heterocycles. The van der Waals surface area contributed by atoms with Gasteiger partial charge < -0.3 is 14.7 Å². The highest BCUT2D eigenvalue weighted by Gasteiger charge is 2.44. The van der Waals surface area contributed by atoms with Crippen molar-refractivity contribution >= 4 is 27.3 Å². The van der Waals surface area contributed by atoms with E-state index in [-0.39, 0.29) is 17.3 Å². The second-order valence-corrected chi connectivity index (χ2v) is 14.8. The van der Waals surface area contributed by atoms with Crippen molar-refractivity contribution in [1.29, 1.82) is 0 Å². The van der Waals surface area contributed by atoms with Crippen molar-refractivity contribution in [3.8, 4) is 5.75 Å². The number of hydrogen-bond donors (Lipinski definition) is 2. The first-order chi connectivity index (χ1) is 19.6. The average molecular weight is 601 g/mol. The number of ether oxygens (including phenoxy) is 1. The Morgan fingerprint density at radius 3 is 2.78 bits per heavy atom. The summed E-state index contributed by atoms with van der Waals surface area (Å²) in [7, 11) is -3.59. The van der Waals surface area contributed by atoms with Gasteiger partial charge in [-0.2, -0.15) is 0 Å². The van der Waals surface area contributed by atoms with Gasteiger partial charge in [0.2, 0.25) is 10.0 Å². The van der Waals surface area contributed by atoms with Crippen molar-refractivity contribution in [1.82, 2.24) is 0 Å². The van der Waals surface area contributed by atoms with Gasteiger partial charge in [0.1, 0.15) is 5.75 Å². The van der Waals surface area contributed by atoms with E-state index in [0.29, 0.717) is 25.4 Å². The van der Waals surface area contributed by atoms with Gasteiger partial charge in [-0.3, -0.25) is 0 Å². The van der Waals surface area contributed by atoms with Crippen molar-refractivity contribution in [3.05, 3.63) is 70.8 Å². The fourth-order valence-corrected chi connectivity index (χ4v) is 8.92. The Bertz CT molecular complexity index is 1350. The zero-order chi connectivity index (χ0) is 29.2. The number of aliphatic hydroxyl groups is 1. The molecule has 0 amide bonds. The lowest BCUT2D eigenvalue weighted by Crippen LogP contribution is -2.49. The summed E-state index contributed by atoms with van der Waals surface area (Å²) in [5.41, 5.74) is 3.70. The monoisotopic (exact) mass is 600 g/mol. The minimum atomic E-state index is -3.59. The molecule has 41 heavy (non-hydrogen) atoms. The zero-order valence-electron chi connectivity index (χ0n) is 24.3. The molecule has 6 atom stereocenters. The number of benzene rings is 2. The number of nitrogens with two attached hydrogens (primary N) is 1. The number of aliphatic hydroxyl groups excluding tert-OH is 1. The van der Waals surface area contributed by atoms with Crippen molar-refractivity contribution in [2.45, 2.75) is 82.0 Å². The molecular weight excluding hydrogens is 556 g/mol. The minimum Gasteiger partial charge on any atom is -0.490 e. The standard InChI is InChI=1S/C33H45ClN2O4S/c1-3-8-32(41(35,38)39)23(2)9-6-12-30(37)27-16-14-25(27)20-36-21-33(22-40-31-13-5-4-11-29(31)36)18-7-10-24-19-26(34)15-17-28(24)33/h4-6,11-13,15,17,19,23,25,27,30,32,37H,3,7-10,14,16,18,20-22H2,1-2H3,(H2,35,38,39)/b12-6+/t23-,25-,27+,30-,32-,33-/m0/s1. The van der Waals surface area contributed by atoms with Crippen LogP contribution in [-0.2, 0) is 21.9 Å². The van der Waals surface area contributed by atoms with Gasteiger partial charge in [-0.25, -0.2) is 13.6 Å². The molecule has 1 spiro atoms. The third kappa shape index (κ3) is 6.64. The lowest BCUT2D eigenvalue weighted by atomic mass is 9.68. The first-order valence-electron chi connectivity index (χ1n) is 15.2. The SMILES string of the molecule is CCC[C@@H]([C@@H](C)C/C=C/[C@H](O)[C@@H]1CC[C@H]1CN1C[C@@]2(CCCc3cc(Cl)ccc32)COc2ccccc21)S(N)(=O)=O. The van der Waals surface area contributed by atoms with Gasteiger partial charge >= 0.3 is 0 Å². The molecule has 0 bridgehead atoms. The predicted octanol–water partition coefficient (Wildman–Crippen LogP) is 6.24. The van der Waals surface area contributed by atoms with Gasteiger partial charge in [0.15, 0.2) is 0 Å². The molecule has 3 aliphatic rings. The molecule has 1 fully saturated rings. The third-order valence-electron chi connectivity index (χ3n) is 9.78. The second kappa shape index (κ2) is 12.7. The molecular formula is C33H45ClN2O4S. The van der Waals surface area contributed by atoms with E-state index >= 15 is 0 Å². The molecule has 2 aliphatic carbocycles. The molecule has 8 heteroatoms. The molecule has 0 unspecified atom stereocenters. The molecule has 2 aromatic carbocycles. The Morgan fingerprint density at radius 2 is 2.05 bits per heavy atom. The van der Waals surface area contributed by atoms with E-state index in [1.54, 1.807) is 0 Å². The highest BCUT2D eigenvalue weighted by Crippen LogP contribution is 2.46. The van der Waals surface area contributed by atoms with Gasteiger partial charge in [-0.1, -0.05) is 62.2 Å². The minimum absolute atomic E-state index is 0.0939. The summed E-state index contributed by atoms with van der Waals surface area (Å²) in [6.45, 7) is 6.28. The van der Waals surface area contributed by atoms with Crippen LogP contribution >= 0.6 is 11.6 Å². The number of nitrogens with zero attached hydrogens (tertiary/aromatic N) is 1. The van der Waals surface area contributed by atoms with Crippen molar-refractivity contribution in [2.24, 2.45) is 22.9 Å². The van der Waals surface area contributed by atoms with Crippen LogP contribution in [0, 0.1) is 17.8 Å². The third-order valence-corrected chi connectivity index (χ3v) is 11.6. The van der Waals surface area contributed by atoms with Crippen LogP contribution in [0.5, 0.6) is 5.75 Å². The van der Waals surface area contributed by atoms with Crippen LogP contribution in [0.1, 0.15) is 69.9 Å². The molecule has 224 valence electrons. The number of sulfonamides is 1. The van der Waals surface area contributed by atoms with E-state index in [9.17, 15) is 13.5 Å². The Morgan fingerprint density at radius 1 is 1.24 bits per heavy atom. The van der Waals surface area contributed by atoms with E-state index in [1.165, 1.54) is 11.1 Å². The van der Waals surface area contributed by atoms with Crippen LogP contribution in [0.25, 0.3) is 0 Å². The fraction of sp³-hybridized carbons (Fsp3) is 0.576. The summed E-state index contributed by atoms with van der Waals surface area (Å²) in [4.78, 5) is 2.50. The van der Waals surface area contributed by atoms with E-state index in [4.69, 9.17) is 21.5 Å². The lowest BCUT2D eigenvalue weighted by molar-refractivity contribution is 0.0456. The number of para-hydroxylation sites is 2. The lowest BCUT2D eigenvalue weighted by Gasteiger charge is -2.45. The maximum Gasteiger partial charge on any atom is 0.212 e. The number of fused-ring (bicyclic) bond motifs is 3. The molecule has 2 aromatic rings. The Hall–Kier alpha value is -2.06. The first kappa shape index (κ1) is 30.4. The number of hydrogen-bond acceptors (Lipinski definition) is 5. The summed E-state index contributed by atoms with van der Waals surface area (Å²) < 4.78 is 30.6. The molecule has 3 N–H and O–H groups in total. The van der Waals surface area contributed by atoms with Gasteiger partial charge in [0.05, 0.1) is 23.6 Å². The molecule has 0 radical (unpaired) electrons. The number of allylic oxidation sites excluding steroid dienone is 1. The fourth-order valence-electron chi connectivity index (χ4n) is 7.41. The van der Waals surface area contributed by atoms with Gasteiger partial charge in [-0.15, -0.1) is 0 Å². The van der Waals surface area contributed by atoms with Gasteiger partial charge in [0, 0.05) is 23.5 Å². The number of aryl methyl sites for hydroxylation is 1. The number of primary sulfonamides is 1. The maximum atomic E-state index is 12.0. The smallest absolute Gasteiger partial charge is 0.212 e. The van der Waals surface area contributed by atoms with Crippen molar-refractivity contribution in [3.63, 3.8) is 0 Å². The quantitative estimate of drug-likeness (QED) is 0.315. The summed E-state index contributed by atoms with van der Waals surface area (Å²) in [6, 6.07) is 14.7. The topological polar surface area (TPSA) is 92.9 Å². The van der Waals surface area contributed by atoms with Crippen LogP contribution in [0.15, 0.2) is 54.6 Å². The molecule has 6 nitrogen and oxygen atoms in total. The summed E-state index contributed by atoms with van der Waals surface area (Å²) >= 11 is 6.38. The van der Waals surface area contributed by atoms with E-state index in [2.05, 4.69) is 35.2 Å². The van der Waals surface area contributed by atoms with Crippen LogP contribution < -0.4 is 14.8 Å². The van der Waals surface area contributed by atoms with Crippen LogP contribution in [0.3, 0.4) is 0 Å². The Kier molecular flexibility index (Phi) is 9.39. The Balaban J connectivity index is 1.30. The Labute approximate surface area is 251 Å². The molecule has 5 rings (SSSR count). The number of rotatable bonds is 10. The first-order valence-corrected chi connectivity index (χ1v) is 17.2. The molecule has 0 saturated heterocycles. The van der Waals surface area contributed by atoms with E-state index < -0.39 is 21.4 Å². The van der Waals surface area contributed by atoms with E-state index in [1.807, 2.05) is 38.1 Å². The molecule has 1 saturated carbocycles. The summed E-state index contributed by atoms with van der Waals surface area (Å²) in [5.74, 6) is 1.37. The average Bonchev–Trinajstić information content (AvgIpc) is 3.06. The highest BCUT2D eigenvalue weighted by molar-refractivity contribution is 7.89. The van der Waals surface area contributed by atoms with Crippen molar-refractivity contribution in [2.75, 3.05) is 24.6 Å². The van der Waals surface area contributed by atoms with Crippen LogP contribution in [-0.4, -0.2) is 44.6 Å². The predicted molar refractivity (Wildman–Crippen MR) is 167 cm³/mol. The maximum absolute atomic E-state index is 12.0. The summed E-state index contributed by atoms with van der Waals surface area (Å²) in [5, 5.41) is 16.9. The molecule has 1 aliphatic heterocycles. The zero-order valence-corrected chi connectivity index (χ0v) is 25.9. The van der Waals surface area contributed by atoms with Crippen LogP contribution in [0.2, 0.25) is 5.02 Å². The largest absolute Gasteiger partial charge is 0.490 e. The van der Waals surface area contributed by atoms with Crippen molar-refractivity contribution < 1.29 is 18.3 Å².